The van der Waals surface area contributed by atoms with Crippen LogP contribution >= 0.6 is 0 Å². The summed E-state index contributed by atoms with van der Waals surface area (Å²) in [6.45, 7) is 0. The van der Waals surface area contributed by atoms with Gasteiger partial charge >= 0.3 is 5.97 Å². The number of rotatable bonds is 4. The van der Waals surface area contributed by atoms with Crippen LogP contribution in [0, 0.1) is 0 Å². The van der Waals surface area contributed by atoms with E-state index >= 15 is 0 Å². The van der Waals surface area contributed by atoms with Gasteiger partial charge in [-0.1, -0.05) is 30.3 Å². The van der Waals surface area contributed by atoms with Gasteiger partial charge in [0.1, 0.15) is 4.90 Å². The van der Waals surface area contributed by atoms with Gasteiger partial charge in [0.2, 0.25) is 0 Å². The van der Waals surface area contributed by atoms with Crippen molar-refractivity contribution in [3.05, 3.63) is 60.2 Å². The largest absolute Gasteiger partial charge is 0.478 e. The van der Waals surface area contributed by atoms with E-state index in [0.717, 1.165) is 4.31 Å². The van der Waals surface area contributed by atoms with Crippen LogP contribution in [0.3, 0.4) is 0 Å². The van der Waals surface area contributed by atoms with Crippen molar-refractivity contribution in [1.82, 2.24) is 0 Å². The van der Waals surface area contributed by atoms with Crippen LogP contribution < -0.4 is 4.31 Å². The molecule has 0 spiro atoms. The predicted molar refractivity (Wildman–Crippen MR) is 75.4 cm³/mol. The Bertz CT molecular complexity index is 726. The highest BCUT2D eigenvalue weighted by molar-refractivity contribution is 7.92. The summed E-state index contributed by atoms with van der Waals surface area (Å²) >= 11 is 0. The fourth-order valence-electron chi connectivity index (χ4n) is 1.79. The molecule has 0 unspecified atom stereocenters. The number of para-hydroxylation sites is 1. The highest BCUT2D eigenvalue weighted by Crippen LogP contribution is 2.24. The van der Waals surface area contributed by atoms with E-state index in [4.69, 9.17) is 5.11 Å². The topological polar surface area (TPSA) is 74.7 Å². The summed E-state index contributed by atoms with van der Waals surface area (Å²) in [5, 5.41) is 9.10. The molecule has 2 aromatic carbocycles. The molecular formula is C14H13NO4S. The summed E-state index contributed by atoms with van der Waals surface area (Å²) in [5.41, 5.74) is 0.225. The van der Waals surface area contributed by atoms with E-state index in [1.165, 1.54) is 31.3 Å². The van der Waals surface area contributed by atoms with Crippen LogP contribution in [0.2, 0.25) is 0 Å². The number of carbonyl (C=O) groups is 1. The van der Waals surface area contributed by atoms with Crippen LogP contribution in [-0.2, 0) is 10.0 Å². The Morgan fingerprint density at radius 2 is 1.55 bits per heavy atom. The second-order valence-electron chi connectivity index (χ2n) is 4.11. The smallest absolute Gasteiger partial charge is 0.337 e. The lowest BCUT2D eigenvalue weighted by atomic mass is 10.2. The maximum absolute atomic E-state index is 12.5. The van der Waals surface area contributed by atoms with Gasteiger partial charge in [0, 0.05) is 7.05 Å². The van der Waals surface area contributed by atoms with E-state index in [-0.39, 0.29) is 10.5 Å². The van der Waals surface area contributed by atoms with E-state index in [1.54, 1.807) is 30.3 Å². The van der Waals surface area contributed by atoms with Gasteiger partial charge in [-0.25, -0.2) is 13.2 Å². The average molecular weight is 291 g/mol. The molecule has 6 heteroatoms. The molecule has 0 aromatic heterocycles. The van der Waals surface area contributed by atoms with Crippen LogP contribution in [0.15, 0.2) is 59.5 Å². The molecule has 104 valence electrons. The number of anilines is 1. The predicted octanol–water partition coefficient (Wildman–Crippen LogP) is 2.21. The molecular weight excluding hydrogens is 278 g/mol. The van der Waals surface area contributed by atoms with Crippen molar-refractivity contribution in [2.75, 3.05) is 11.4 Å². The van der Waals surface area contributed by atoms with Gasteiger partial charge in [-0.05, 0) is 24.3 Å². The summed E-state index contributed by atoms with van der Waals surface area (Å²) in [6, 6.07) is 14.0. The van der Waals surface area contributed by atoms with Gasteiger partial charge in [0.15, 0.2) is 0 Å². The Labute approximate surface area is 117 Å². The third-order valence-corrected chi connectivity index (χ3v) is 4.72. The number of carboxylic acid groups (broad SMARTS) is 1. The first-order chi connectivity index (χ1) is 9.44. The van der Waals surface area contributed by atoms with Gasteiger partial charge in [0.25, 0.3) is 10.0 Å². The van der Waals surface area contributed by atoms with Crippen LogP contribution in [0.4, 0.5) is 5.69 Å². The normalized spacial score (nSPS) is 11.1. The Morgan fingerprint density at radius 1 is 1.00 bits per heavy atom. The first-order valence-electron chi connectivity index (χ1n) is 5.81. The van der Waals surface area contributed by atoms with Crippen molar-refractivity contribution in [2.45, 2.75) is 4.90 Å². The molecule has 0 aliphatic rings. The highest BCUT2D eigenvalue weighted by atomic mass is 32.2. The molecule has 0 aliphatic heterocycles. The number of hydrogen-bond donors (Lipinski definition) is 1. The summed E-state index contributed by atoms with van der Waals surface area (Å²) in [4.78, 5) is 10.9. The molecule has 20 heavy (non-hydrogen) atoms. The molecule has 2 rings (SSSR count). The van der Waals surface area contributed by atoms with Gasteiger partial charge in [0.05, 0.1) is 11.3 Å². The summed E-state index contributed by atoms with van der Waals surface area (Å²) in [7, 11) is -2.52. The molecule has 0 fully saturated rings. The summed E-state index contributed by atoms with van der Waals surface area (Å²) in [5.74, 6) is -1.27. The number of sulfonamides is 1. The first-order valence-corrected chi connectivity index (χ1v) is 7.25. The summed E-state index contributed by atoms with van der Waals surface area (Å²) in [6.07, 6.45) is 0. The lowest BCUT2D eigenvalue weighted by molar-refractivity contribution is 0.0692. The summed E-state index contributed by atoms with van der Waals surface area (Å²) < 4.78 is 26.1. The van der Waals surface area contributed by atoms with E-state index in [9.17, 15) is 13.2 Å². The van der Waals surface area contributed by atoms with Crippen molar-refractivity contribution in [3.8, 4) is 0 Å². The SMILES string of the molecule is CN(c1ccccc1)S(=O)(=O)c1ccccc1C(=O)O. The van der Waals surface area contributed by atoms with Crippen LogP contribution in [0.25, 0.3) is 0 Å². The molecule has 0 saturated carbocycles. The molecule has 0 saturated heterocycles. The minimum absolute atomic E-state index is 0.223. The number of nitrogens with zero attached hydrogens (tertiary/aromatic N) is 1. The van der Waals surface area contributed by atoms with Crippen molar-refractivity contribution < 1.29 is 18.3 Å². The third-order valence-electron chi connectivity index (χ3n) is 2.88. The second kappa shape index (κ2) is 5.34. The van der Waals surface area contributed by atoms with E-state index < -0.39 is 16.0 Å². The minimum Gasteiger partial charge on any atom is -0.478 e. The molecule has 0 bridgehead atoms. The van der Waals surface area contributed by atoms with Crippen LogP contribution in [-0.4, -0.2) is 26.5 Å². The van der Waals surface area contributed by atoms with Gasteiger partial charge in [-0.15, -0.1) is 0 Å². The lowest BCUT2D eigenvalue weighted by Crippen LogP contribution is -2.28. The van der Waals surface area contributed by atoms with Crippen molar-refractivity contribution >= 4 is 21.7 Å². The number of carboxylic acids is 1. The zero-order valence-corrected chi connectivity index (χ0v) is 11.5. The van der Waals surface area contributed by atoms with Crippen molar-refractivity contribution in [1.29, 1.82) is 0 Å². The number of benzene rings is 2. The Kier molecular flexibility index (Phi) is 3.76. The minimum atomic E-state index is -3.92. The molecule has 2 aromatic rings. The fourth-order valence-corrected chi connectivity index (χ4v) is 3.17. The monoisotopic (exact) mass is 291 g/mol. The van der Waals surface area contributed by atoms with Crippen LogP contribution in [0.1, 0.15) is 10.4 Å². The van der Waals surface area contributed by atoms with E-state index in [0.29, 0.717) is 5.69 Å². The molecule has 1 N–H and O–H groups in total. The van der Waals surface area contributed by atoms with Gasteiger partial charge < -0.3 is 5.11 Å². The number of aromatic carboxylic acids is 1. The standard InChI is InChI=1S/C14H13NO4S/c1-15(11-7-3-2-4-8-11)20(18,19)13-10-6-5-9-12(13)14(16)17/h2-10H,1H3,(H,16,17). The molecule has 0 heterocycles. The Balaban J connectivity index is 2.54. The van der Waals surface area contributed by atoms with Crippen molar-refractivity contribution in [3.63, 3.8) is 0 Å². The zero-order valence-electron chi connectivity index (χ0n) is 10.7. The maximum atomic E-state index is 12.5. The maximum Gasteiger partial charge on any atom is 0.337 e. The first kappa shape index (κ1) is 14.1. The highest BCUT2D eigenvalue weighted by Gasteiger charge is 2.26. The van der Waals surface area contributed by atoms with Gasteiger partial charge in [-0.2, -0.15) is 0 Å². The Hall–Kier alpha value is -2.34. The van der Waals surface area contributed by atoms with Crippen molar-refractivity contribution in [2.24, 2.45) is 0 Å². The fraction of sp³-hybridized carbons (Fsp3) is 0.0714. The second-order valence-corrected chi connectivity index (χ2v) is 6.05. The van der Waals surface area contributed by atoms with E-state index in [2.05, 4.69) is 0 Å². The van der Waals surface area contributed by atoms with Gasteiger partial charge in [-0.3, -0.25) is 4.31 Å². The molecule has 0 radical (unpaired) electrons. The zero-order chi connectivity index (χ0) is 14.8. The molecule has 0 aliphatic carbocycles. The van der Waals surface area contributed by atoms with E-state index in [1.807, 2.05) is 0 Å². The average Bonchev–Trinajstić information content (AvgIpc) is 2.47. The Morgan fingerprint density at radius 3 is 2.15 bits per heavy atom. The third kappa shape index (κ3) is 2.50. The molecule has 5 nitrogen and oxygen atoms in total. The lowest BCUT2D eigenvalue weighted by Gasteiger charge is -2.20. The van der Waals surface area contributed by atoms with Crippen LogP contribution in [0.5, 0.6) is 0 Å². The number of hydrogen-bond acceptors (Lipinski definition) is 3. The quantitative estimate of drug-likeness (QED) is 0.937. The molecule has 0 amide bonds. The molecule has 0 atom stereocenters.